The fourth-order valence-electron chi connectivity index (χ4n) is 4.43. The second-order valence-corrected chi connectivity index (χ2v) is 8.73. The monoisotopic (exact) mass is 508 g/mol. The van der Waals surface area contributed by atoms with E-state index in [1.54, 1.807) is 31.2 Å². The summed E-state index contributed by atoms with van der Waals surface area (Å²) < 4.78 is 28.2. The SMILES string of the molecule is CCC(NC(=O)N1C(=O)[C@H](Cc2ccnc(N)c2)[C@H]1C(=O)N(C)c1ccncc1)c1cc(F)ccc1F. The van der Waals surface area contributed by atoms with E-state index in [9.17, 15) is 23.2 Å². The van der Waals surface area contributed by atoms with E-state index in [0.717, 1.165) is 23.1 Å². The Labute approximate surface area is 212 Å². The Hall–Kier alpha value is -4.41. The normalized spacial score (nSPS) is 17.6. The highest BCUT2D eigenvalue weighted by molar-refractivity contribution is 6.12. The Morgan fingerprint density at radius 2 is 1.86 bits per heavy atom. The maximum absolute atomic E-state index is 14.4. The van der Waals surface area contributed by atoms with Crippen molar-refractivity contribution in [2.75, 3.05) is 17.7 Å². The van der Waals surface area contributed by atoms with Gasteiger partial charge in [0.1, 0.15) is 23.5 Å². The lowest BCUT2D eigenvalue weighted by molar-refractivity contribution is -0.156. The van der Waals surface area contributed by atoms with Crippen molar-refractivity contribution >= 4 is 29.4 Å². The number of anilines is 2. The Kier molecular flexibility index (Phi) is 7.42. The van der Waals surface area contributed by atoms with Gasteiger partial charge in [-0.15, -0.1) is 0 Å². The molecule has 1 fully saturated rings. The molecule has 1 aliphatic heterocycles. The number of carbonyl (C=O) groups excluding carboxylic acids is 3. The topological polar surface area (TPSA) is 122 Å². The first-order chi connectivity index (χ1) is 17.7. The molecule has 0 radical (unpaired) electrons. The Bertz CT molecular complexity index is 1320. The zero-order chi connectivity index (χ0) is 26.7. The van der Waals surface area contributed by atoms with Crippen molar-refractivity contribution in [1.29, 1.82) is 0 Å². The Balaban J connectivity index is 1.61. The molecule has 37 heavy (non-hydrogen) atoms. The van der Waals surface area contributed by atoms with Crippen LogP contribution in [0.3, 0.4) is 0 Å². The molecule has 4 rings (SSSR count). The van der Waals surface area contributed by atoms with Crippen LogP contribution in [-0.2, 0) is 16.0 Å². The number of likely N-dealkylation sites (N-methyl/N-ethyl adjacent to an activating group) is 1. The highest BCUT2D eigenvalue weighted by Gasteiger charge is 2.55. The van der Waals surface area contributed by atoms with E-state index >= 15 is 0 Å². The molecule has 3 atom stereocenters. The molecule has 1 aliphatic rings. The first-order valence-corrected chi connectivity index (χ1v) is 11.7. The molecule has 2 aromatic heterocycles. The lowest BCUT2D eigenvalue weighted by Gasteiger charge is -2.46. The van der Waals surface area contributed by atoms with E-state index in [4.69, 9.17) is 5.73 Å². The molecule has 11 heteroatoms. The van der Waals surface area contributed by atoms with E-state index < -0.39 is 47.5 Å². The second kappa shape index (κ2) is 10.7. The number of nitrogen functional groups attached to an aromatic ring is 1. The summed E-state index contributed by atoms with van der Waals surface area (Å²) in [4.78, 5) is 50.1. The molecule has 1 unspecified atom stereocenters. The molecule has 3 aromatic rings. The summed E-state index contributed by atoms with van der Waals surface area (Å²) in [6.45, 7) is 1.68. The number of urea groups is 1. The van der Waals surface area contributed by atoms with Crippen molar-refractivity contribution in [3.05, 3.63) is 83.8 Å². The third-order valence-electron chi connectivity index (χ3n) is 6.41. The fourth-order valence-corrected chi connectivity index (χ4v) is 4.43. The minimum Gasteiger partial charge on any atom is -0.384 e. The quantitative estimate of drug-likeness (QED) is 0.473. The standard InChI is InChI=1S/C26H26F2N6O3/c1-3-21(18-14-16(27)4-5-20(18)28)32-26(37)34-23(25(36)33(2)17-7-9-30-10-8-17)19(24(34)35)12-15-6-11-31-22(29)13-15/h4-11,13-14,19,21,23H,3,12H2,1-2H3,(H2,29,31)(H,32,37)/t19-,21?,23+/m1/s1. The van der Waals surface area contributed by atoms with Gasteiger partial charge in [-0.1, -0.05) is 6.92 Å². The number of carbonyl (C=O) groups is 3. The number of halogens is 2. The highest BCUT2D eigenvalue weighted by atomic mass is 19.1. The van der Waals surface area contributed by atoms with E-state index in [1.807, 2.05) is 0 Å². The van der Waals surface area contributed by atoms with Crippen LogP contribution in [0.5, 0.6) is 0 Å². The molecular weight excluding hydrogens is 482 g/mol. The van der Waals surface area contributed by atoms with Gasteiger partial charge in [-0.05, 0) is 60.9 Å². The number of nitrogens with zero attached hydrogens (tertiary/aromatic N) is 4. The van der Waals surface area contributed by atoms with Gasteiger partial charge in [0, 0.05) is 36.9 Å². The average Bonchev–Trinajstić information content (AvgIpc) is 2.89. The number of aromatic nitrogens is 2. The maximum Gasteiger partial charge on any atom is 0.325 e. The van der Waals surface area contributed by atoms with Crippen LogP contribution in [0.4, 0.5) is 25.1 Å². The lowest BCUT2D eigenvalue weighted by Crippen LogP contribution is -2.70. The van der Waals surface area contributed by atoms with Crippen molar-refractivity contribution in [3.8, 4) is 0 Å². The van der Waals surface area contributed by atoms with Crippen molar-refractivity contribution in [2.45, 2.75) is 31.8 Å². The fraction of sp³-hybridized carbons (Fsp3) is 0.269. The van der Waals surface area contributed by atoms with Gasteiger partial charge in [0.05, 0.1) is 12.0 Å². The summed E-state index contributed by atoms with van der Waals surface area (Å²) in [6, 6.07) is 6.57. The van der Waals surface area contributed by atoms with Crippen LogP contribution in [0.2, 0.25) is 0 Å². The van der Waals surface area contributed by atoms with Gasteiger partial charge >= 0.3 is 6.03 Å². The first-order valence-electron chi connectivity index (χ1n) is 11.7. The second-order valence-electron chi connectivity index (χ2n) is 8.73. The van der Waals surface area contributed by atoms with Gasteiger partial charge < -0.3 is 16.0 Å². The smallest absolute Gasteiger partial charge is 0.325 e. The zero-order valence-corrected chi connectivity index (χ0v) is 20.3. The van der Waals surface area contributed by atoms with Crippen LogP contribution in [0.25, 0.3) is 0 Å². The Morgan fingerprint density at radius 1 is 1.14 bits per heavy atom. The van der Waals surface area contributed by atoms with E-state index in [2.05, 4.69) is 15.3 Å². The third-order valence-corrected chi connectivity index (χ3v) is 6.41. The maximum atomic E-state index is 14.4. The first kappa shape index (κ1) is 25.7. The lowest BCUT2D eigenvalue weighted by atomic mass is 9.81. The number of nitrogens with two attached hydrogens (primary N) is 1. The number of hydrogen-bond donors (Lipinski definition) is 2. The van der Waals surface area contributed by atoms with Crippen LogP contribution in [-0.4, -0.2) is 45.8 Å². The van der Waals surface area contributed by atoms with Gasteiger partial charge in [-0.25, -0.2) is 18.6 Å². The summed E-state index contributed by atoms with van der Waals surface area (Å²) in [7, 11) is 1.54. The molecule has 0 bridgehead atoms. The summed E-state index contributed by atoms with van der Waals surface area (Å²) in [5.74, 6) is -2.98. The zero-order valence-electron chi connectivity index (χ0n) is 20.3. The van der Waals surface area contributed by atoms with Gasteiger partial charge in [-0.3, -0.25) is 19.5 Å². The largest absolute Gasteiger partial charge is 0.384 e. The van der Waals surface area contributed by atoms with Crippen LogP contribution < -0.4 is 16.0 Å². The van der Waals surface area contributed by atoms with Crippen molar-refractivity contribution in [3.63, 3.8) is 0 Å². The van der Waals surface area contributed by atoms with Crippen LogP contribution in [0.1, 0.15) is 30.5 Å². The number of imide groups is 1. The average molecular weight is 509 g/mol. The number of likely N-dealkylation sites (tertiary alicyclic amines) is 1. The number of amides is 4. The van der Waals surface area contributed by atoms with E-state index in [0.29, 0.717) is 11.3 Å². The summed E-state index contributed by atoms with van der Waals surface area (Å²) in [6.07, 6.45) is 4.92. The minimum absolute atomic E-state index is 0.0515. The molecule has 0 aliphatic carbocycles. The highest BCUT2D eigenvalue weighted by Crippen LogP contribution is 2.33. The van der Waals surface area contributed by atoms with Crippen LogP contribution in [0.15, 0.2) is 61.1 Å². The summed E-state index contributed by atoms with van der Waals surface area (Å²) >= 11 is 0. The molecule has 3 heterocycles. The number of pyridine rings is 2. The molecule has 0 saturated carbocycles. The molecule has 3 N–H and O–H groups in total. The van der Waals surface area contributed by atoms with E-state index in [1.165, 1.54) is 30.5 Å². The van der Waals surface area contributed by atoms with Crippen LogP contribution in [0, 0.1) is 17.6 Å². The number of rotatable bonds is 7. The van der Waals surface area contributed by atoms with E-state index in [-0.39, 0.29) is 24.2 Å². The number of hydrogen-bond acceptors (Lipinski definition) is 6. The molecule has 4 amide bonds. The predicted octanol–water partition coefficient (Wildman–Crippen LogP) is 3.23. The number of β-lactam (4-membered cyclic amide) rings is 1. The molecule has 0 spiro atoms. The number of benzene rings is 1. The van der Waals surface area contributed by atoms with Crippen molar-refractivity contribution in [2.24, 2.45) is 5.92 Å². The van der Waals surface area contributed by atoms with Gasteiger partial charge in [-0.2, -0.15) is 0 Å². The van der Waals surface area contributed by atoms with Crippen LogP contribution >= 0.6 is 0 Å². The Morgan fingerprint density at radius 3 is 2.54 bits per heavy atom. The van der Waals surface area contributed by atoms with Gasteiger partial charge in [0.15, 0.2) is 0 Å². The third kappa shape index (κ3) is 5.25. The molecule has 1 saturated heterocycles. The van der Waals surface area contributed by atoms with Crippen molar-refractivity contribution in [1.82, 2.24) is 20.2 Å². The van der Waals surface area contributed by atoms with Gasteiger partial charge in [0.25, 0.3) is 5.91 Å². The van der Waals surface area contributed by atoms with Gasteiger partial charge in [0.2, 0.25) is 5.91 Å². The number of nitrogens with one attached hydrogen (secondary N) is 1. The molecule has 192 valence electrons. The molecular formula is C26H26F2N6O3. The summed E-state index contributed by atoms with van der Waals surface area (Å²) in [5, 5.41) is 2.59. The molecule has 9 nitrogen and oxygen atoms in total. The predicted molar refractivity (Wildman–Crippen MR) is 132 cm³/mol. The summed E-state index contributed by atoms with van der Waals surface area (Å²) in [5.41, 5.74) is 6.92. The minimum atomic E-state index is -1.13. The van der Waals surface area contributed by atoms with Crippen molar-refractivity contribution < 1.29 is 23.2 Å². The molecule has 1 aromatic carbocycles.